The van der Waals surface area contributed by atoms with Crippen LogP contribution in [0, 0.1) is 0 Å². The highest BCUT2D eigenvalue weighted by Crippen LogP contribution is 2.23. The average molecular weight is 308 g/mol. The van der Waals surface area contributed by atoms with Crippen LogP contribution in [0.25, 0.3) is 0 Å². The first-order valence-electron chi connectivity index (χ1n) is 7.43. The second kappa shape index (κ2) is 8.92. The van der Waals surface area contributed by atoms with Gasteiger partial charge in [-0.15, -0.1) is 0 Å². The number of anilines is 1. The highest BCUT2D eigenvalue weighted by atomic mass is 16.5. The van der Waals surface area contributed by atoms with Crippen LogP contribution in [0.5, 0.6) is 5.75 Å². The van der Waals surface area contributed by atoms with Gasteiger partial charge >= 0.3 is 5.97 Å². The molecule has 1 aromatic rings. The number of nitrogens with two attached hydrogens (primary N) is 1. The average Bonchev–Trinajstić information content (AvgIpc) is 2.51. The molecule has 6 heteroatoms. The van der Waals surface area contributed by atoms with E-state index in [1.165, 1.54) is 6.07 Å². The topological polar surface area (TPSA) is 81.9 Å². The molecule has 0 saturated heterocycles. The number of hydrogen-bond acceptors (Lipinski definition) is 5. The number of esters is 1. The largest absolute Gasteiger partial charge is 0.482 e. The maximum Gasteiger partial charge on any atom is 0.338 e. The maximum atomic E-state index is 11.9. The lowest BCUT2D eigenvalue weighted by Gasteiger charge is -2.17. The fourth-order valence-corrected chi connectivity index (χ4v) is 1.79. The van der Waals surface area contributed by atoms with Crippen molar-refractivity contribution in [2.75, 3.05) is 32.5 Å². The number of nitrogens with zero attached hydrogens (tertiary/aromatic N) is 1. The third-order valence-corrected chi connectivity index (χ3v) is 3.14. The minimum atomic E-state index is -0.434. The van der Waals surface area contributed by atoms with Crippen molar-refractivity contribution in [3.05, 3.63) is 23.8 Å². The van der Waals surface area contributed by atoms with Gasteiger partial charge in [0.1, 0.15) is 5.75 Å². The quantitative estimate of drug-likeness (QED) is 0.587. The molecule has 0 bridgehead atoms. The van der Waals surface area contributed by atoms with Gasteiger partial charge in [-0.3, -0.25) is 4.79 Å². The Labute approximate surface area is 131 Å². The van der Waals surface area contributed by atoms with Crippen molar-refractivity contribution >= 4 is 17.6 Å². The number of ether oxygens (including phenoxy) is 2. The second-order valence-electron chi connectivity index (χ2n) is 4.93. The van der Waals surface area contributed by atoms with Gasteiger partial charge in [0.2, 0.25) is 0 Å². The van der Waals surface area contributed by atoms with Gasteiger partial charge in [0.15, 0.2) is 6.61 Å². The van der Waals surface area contributed by atoms with E-state index in [4.69, 9.17) is 15.2 Å². The highest BCUT2D eigenvalue weighted by Gasteiger charge is 2.12. The fourth-order valence-electron chi connectivity index (χ4n) is 1.79. The molecule has 0 atom stereocenters. The van der Waals surface area contributed by atoms with Crippen LogP contribution in [0.1, 0.15) is 37.0 Å². The lowest BCUT2D eigenvalue weighted by atomic mass is 10.2. The third-order valence-electron chi connectivity index (χ3n) is 3.14. The third kappa shape index (κ3) is 5.27. The van der Waals surface area contributed by atoms with Crippen LogP contribution in [-0.2, 0) is 9.53 Å². The Balaban J connectivity index is 2.60. The number of hydrogen-bond donors (Lipinski definition) is 1. The highest BCUT2D eigenvalue weighted by molar-refractivity contribution is 5.91. The minimum absolute atomic E-state index is 0.0802. The monoisotopic (exact) mass is 308 g/mol. The Kier molecular flexibility index (Phi) is 7.22. The number of unbranched alkanes of at least 4 members (excludes halogenated alkanes) is 1. The molecule has 0 spiro atoms. The van der Waals surface area contributed by atoms with E-state index in [1.54, 1.807) is 31.0 Å². The van der Waals surface area contributed by atoms with Crippen LogP contribution in [0.3, 0.4) is 0 Å². The number of benzene rings is 1. The van der Waals surface area contributed by atoms with Crippen molar-refractivity contribution in [1.29, 1.82) is 0 Å². The summed E-state index contributed by atoms with van der Waals surface area (Å²) in [6.45, 7) is 4.73. The molecule has 2 N–H and O–H groups in total. The van der Waals surface area contributed by atoms with Crippen molar-refractivity contribution < 1.29 is 19.1 Å². The van der Waals surface area contributed by atoms with Gasteiger partial charge < -0.3 is 20.1 Å². The minimum Gasteiger partial charge on any atom is -0.482 e. The number of carbonyl (C=O) groups is 2. The van der Waals surface area contributed by atoms with Gasteiger partial charge in [-0.25, -0.2) is 4.79 Å². The van der Waals surface area contributed by atoms with Crippen LogP contribution in [0.15, 0.2) is 18.2 Å². The maximum absolute atomic E-state index is 11.9. The van der Waals surface area contributed by atoms with E-state index < -0.39 is 5.97 Å². The van der Waals surface area contributed by atoms with E-state index in [-0.39, 0.29) is 12.5 Å². The predicted molar refractivity (Wildman–Crippen MR) is 84.9 cm³/mol. The molecule has 0 aliphatic rings. The Morgan fingerprint density at radius 2 is 2.00 bits per heavy atom. The van der Waals surface area contributed by atoms with E-state index in [2.05, 4.69) is 6.92 Å². The number of rotatable bonds is 8. The van der Waals surface area contributed by atoms with Crippen LogP contribution < -0.4 is 10.5 Å². The van der Waals surface area contributed by atoms with Crippen molar-refractivity contribution in [2.45, 2.75) is 26.7 Å². The molecule has 6 nitrogen and oxygen atoms in total. The standard InChI is InChI=1S/C16H24N2O4/c1-4-6-9-18(3)15(19)11-22-14-8-7-12(10-13(14)17)16(20)21-5-2/h7-8,10H,4-6,9,11,17H2,1-3H3. The van der Waals surface area contributed by atoms with E-state index in [0.717, 1.165) is 12.8 Å². The van der Waals surface area contributed by atoms with Crippen molar-refractivity contribution in [3.8, 4) is 5.75 Å². The normalized spacial score (nSPS) is 10.1. The molecule has 0 aliphatic heterocycles. The first-order chi connectivity index (χ1) is 10.5. The summed E-state index contributed by atoms with van der Waals surface area (Å²) in [5.41, 5.74) is 6.50. The summed E-state index contributed by atoms with van der Waals surface area (Å²) >= 11 is 0. The molecule has 0 aromatic heterocycles. The SMILES string of the molecule is CCCCN(C)C(=O)COc1ccc(C(=O)OCC)cc1N. The van der Waals surface area contributed by atoms with Crippen LogP contribution in [0.2, 0.25) is 0 Å². The molecule has 0 unspecified atom stereocenters. The second-order valence-corrected chi connectivity index (χ2v) is 4.93. The van der Waals surface area contributed by atoms with Gasteiger partial charge in [-0.2, -0.15) is 0 Å². The lowest BCUT2D eigenvalue weighted by Crippen LogP contribution is -2.32. The van der Waals surface area contributed by atoms with Crippen LogP contribution in [-0.4, -0.2) is 43.6 Å². The summed E-state index contributed by atoms with van der Waals surface area (Å²) in [7, 11) is 1.74. The van der Waals surface area contributed by atoms with Gasteiger partial charge in [0, 0.05) is 13.6 Å². The van der Waals surface area contributed by atoms with E-state index in [9.17, 15) is 9.59 Å². The van der Waals surface area contributed by atoms with Crippen LogP contribution >= 0.6 is 0 Å². The molecule has 22 heavy (non-hydrogen) atoms. The summed E-state index contributed by atoms with van der Waals surface area (Å²) in [6.07, 6.45) is 1.99. The smallest absolute Gasteiger partial charge is 0.338 e. The first-order valence-corrected chi connectivity index (χ1v) is 7.43. The molecule has 122 valence electrons. The zero-order valence-corrected chi connectivity index (χ0v) is 13.4. The molecule has 1 amide bonds. The number of nitrogen functional groups attached to an aromatic ring is 1. The summed E-state index contributed by atoms with van der Waals surface area (Å²) < 4.78 is 10.3. The predicted octanol–water partition coefficient (Wildman–Crippen LogP) is 2.08. The van der Waals surface area contributed by atoms with Gasteiger partial charge in [-0.1, -0.05) is 13.3 Å². The number of amides is 1. The Morgan fingerprint density at radius 3 is 2.59 bits per heavy atom. The number of likely N-dealkylation sites (N-methyl/N-ethyl adjacent to an activating group) is 1. The van der Waals surface area contributed by atoms with Gasteiger partial charge in [-0.05, 0) is 31.5 Å². The molecule has 0 heterocycles. The Hall–Kier alpha value is -2.24. The molecular formula is C16H24N2O4. The van der Waals surface area contributed by atoms with Gasteiger partial charge in [0.05, 0.1) is 17.9 Å². The molecule has 0 aliphatic carbocycles. The van der Waals surface area contributed by atoms with Crippen LogP contribution in [0.4, 0.5) is 5.69 Å². The summed E-state index contributed by atoms with van der Waals surface area (Å²) in [6, 6.07) is 4.62. The van der Waals surface area contributed by atoms with E-state index in [1.807, 2.05) is 0 Å². The number of carbonyl (C=O) groups excluding carboxylic acids is 2. The Morgan fingerprint density at radius 1 is 1.27 bits per heavy atom. The first kappa shape index (κ1) is 17.8. The van der Waals surface area contributed by atoms with E-state index in [0.29, 0.717) is 30.2 Å². The zero-order chi connectivity index (χ0) is 16.5. The van der Waals surface area contributed by atoms with Crippen molar-refractivity contribution in [1.82, 2.24) is 4.90 Å². The lowest BCUT2D eigenvalue weighted by molar-refractivity contribution is -0.132. The molecule has 0 radical (unpaired) electrons. The summed E-state index contributed by atoms with van der Waals surface area (Å²) in [4.78, 5) is 25.1. The van der Waals surface area contributed by atoms with Crippen molar-refractivity contribution in [3.63, 3.8) is 0 Å². The molecule has 1 rings (SSSR count). The molecule has 1 aromatic carbocycles. The molecule has 0 fully saturated rings. The summed E-state index contributed by atoms with van der Waals surface area (Å²) in [5, 5.41) is 0. The van der Waals surface area contributed by atoms with E-state index >= 15 is 0 Å². The zero-order valence-electron chi connectivity index (χ0n) is 13.4. The van der Waals surface area contributed by atoms with Crippen molar-refractivity contribution in [2.24, 2.45) is 0 Å². The molecule has 0 saturated carbocycles. The molecular weight excluding hydrogens is 284 g/mol. The van der Waals surface area contributed by atoms with Gasteiger partial charge in [0.25, 0.3) is 5.91 Å². The Bertz CT molecular complexity index is 517. The summed E-state index contributed by atoms with van der Waals surface area (Å²) in [5.74, 6) is -0.163. The fraction of sp³-hybridized carbons (Fsp3) is 0.500.